The van der Waals surface area contributed by atoms with E-state index >= 15 is 0 Å². The van der Waals surface area contributed by atoms with Crippen molar-refractivity contribution in [1.29, 1.82) is 0 Å². The lowest BCUT2D eigenvalue weighted by atomic mass is 9.78. The van der Waals surface area contributed by atoms with E-state index in [9.17, 15) is 9.59 Å². The highest BCUT2D eigenvalue weighted by Gasteiger charge is 2.15. The fourth-order valence-electron chi connectivity index (χ4n) is 1.44. The van der Waals surface area contributed by atoms with Gasteiger partial charge in [-0.1, -0.05) is 6.82 Å². The predicted octanol–water partition coefficient (Wildman–Crippen LogP) is 0.563. The Morgan fingerprint density at radius 3 is 2.00 bits per heavy atom. The van der Waals surface area contributed by atoms with Crippen LogP contribution in [0, 0.1) is 0 Å². The van der Waals surface area contributed by atoms with Crippen molar-refractivity contribution in [2.45, 2.75) is 39.5 Å². The second kappa shape index (κ2) is 12.3. The molecular weight excluding hydrogens is 287 g/mol. The fraction of sp³-hybridized carbons (Fsp3) is 0.857. The maximum atomic E-state index is 11.3. The summed E-state index contributed by atoms with van der Waals surface area (Å²) in [6.07, 6.45) is 0.100. The molecule has 0 saturated carbocycles. The molecule has 0 aromatic rings. The van der Waals surface area contributed by atoms with E-state index in [1.807, 2.05) is 27.6 Å². The van der Waals surface area contributed by atoms with Gasteiger partial charge in [0.2, 0.25) is 5.91 Å². The Labute approximate surface area is 133 Å². The molecule has 0 radical (unpaired) electrons. The highest BCUT2D eigenvalue weighted by atomic mass is 16.6. The van der Waals surface area contributed by atoms with Crippen molar-refractivity contribution in [3.05, 3.63) is 0 Å². The Morgan fingerprint density at radius 2 is 1.50 bits per heavy atom. The molecule has 8 heteroatoms. The van der Waals surface area contributed by atoms with Crippen molar-refractivity contribution in [2.24, 2.45) is 0 Å². The number of hydrogen-bond donors (Lipinski definition) is 2. The molecule has 0 aromatic carbocycles. The van der Waals surface area contributed by atoms with E-state index in [2.05, 4.69) is 10.6 Å². The number of hydrogen-bond acceptors (Lipinski definition) is 5. The van der Waals surface area contributed by atoms with Crippen molar-refractivity contribution in [2.75, 3.05) is 39.5 Å². The summed E-state index contributed by atoms with van der Waals surface area (Å²) < 4.78 is 15.7. The molecule has 0 rings (SSSR count). The first-order valence-electron chi connectivity index (χ1n) is 7.74. The summed E-state index contributed by atoms with van der Waals surface area (Å²) in [5.41, 5.74) is -0.495. The van der Waals surface area contributed by atoms with E-state index in [0.29, 0.717) is 45.8 Å². The third-order valence-corrected chi connectivity index (χ3v) is 2.33. The Morgan fingerprint density at radius 1 is 0.955 bits per heavy atom. The molecule has 0 fully saturated rings. The number of carbonyl (C=O) groups is 2. The number of ether oxygens (including phenoxy) is 3. The average molecular weight is 316 g/mol. The molecule has 0 saturated heterocycles. The number of amides is 2. The molecule has 0 unspecified atom stereocenters. The van der Waals surface area contributed by atoms with Crippen LogP contribution in [-0.2, 0) is 19.0 Å². The Balaban J connectivity index is 3.27. The van der Waals surface area contributed by atoms with E-state index in [1.54, 1.807) is 0 Å². The first kappa shape index (κ1) is 20.7. The smallest absolute Gasteiger partial charge is 0.407 e. The van der Waals surface area contributed by atoms with Crippen LogP contribution in [0.15, 0.2) is 0 Å². The fourth-order valence-corrected chi connectivity index (χ4v) is 1.44. The topological polar surface area (TPSA) is 85.9 Å². The molecule has 0 aliphatic heterocycles. The molecule has 0 heterocycles. The van der Waals surface area contributed by atoms with Gasteiger partial charge in [0.1, 0.15) is 12.9 Å². The van der Waals surface area contributed by atoms with Gasteiger partial charge in [0.15, 0.2) is 0 Å². The lowest BCUT2D eigenvalue weighted by molar-refractivity contribution is -0.119. The summed E-state index contributed by atoms with van der Waals surface area (Å²) in [6, 6.07) is 0. The van der Waals surface area contributed by atoms with Gasteiger partial charge in [0.05, 0.1) is 26.4 Å². The molecule has 2 N–H and O–H groups in total. The number of alkyl carbamates (subject to hydrolysis) is 1. The van der Waals surface area contributed by atoms with Gasteiger partial charge in [-0.15, -0.1) is 0 Å². The van der Waals surface area contributed by atoms with Gasteiger partial charge in [0.25, 0.3) is 0 Å². The van der Waals surface area contributed by atoms with Crippen molar-refractivity contribution in [3.8, 4) is 0 Å². The van der Waals surface area contributed by atoms with Crippen LogP contribution in [0.2, 0.25) is 13.1 Å². The zero-order chi connectivity index (χ0) is 16.8. The molecular formula is C14H29BN2O5. The standard InChI is InChI=1S/C14H29BN2O5/c1-14(2,3)22-13(19)17-6-8-21-10-9-20-7-5-16-12(18)11-15-4/h15H,5-11H2,1-4H3,(H,16,18)(H,17,19). The maximum Gasteiger partial charge on any atom is 0.407 e. The Hall–Kier alpha value is -1.28. The molecule has 0 aromatic heterocycles. The van der Waals surface area contributed by atoms with Crippen LogP contribution in [0.3, 0.4) is 0 Å². The Kier molecular flexibility index (Phi) is 11.6. The van der Waals surface area contributed by atoms with Gasteiger partial charge in [-0.25, -0.2) is 4.79 Å². The summed E-state index contributed by atoms with van der Waals surface area (Å²) in [5.74, 6) is 0.0515. The van der Waals surface area contributed by atoms with Crippen molar-refractivity contribution in [3.63, 3.8) is 0 Å². The minimum Gasteiger partial charge on any atom is -0.444 e. The van der Waals surface area contributed by atoms with E-state index in [0.717, 1.165) is 7.28 Å². The van der Waals surface area contributed by atoms with Crippen LogP contribution < -0.4 is 10.6 Å². The second-order valence-electron chi connectivity index (χ2n) is 5.75. The molecule has 7 nitrogen and oxygen atoms in total. The minimum atomic E-state index is -0.495. The molecule has 128 valence electrons. The SMILES string of the molecule is CBCC(=O)NCCOCCOCCNC(=O)OC(C)(C)C. The van der Waals surface area contributed by atoms with Gasteiger partial charge in [0, 0.05) is 19.4 Å². The van der Waals surface area contributed by atoms with Gasteiger partial charge in [-0.3, -0.25) is 4.79 Å². The third-order valence-electron chi connectivity index (χ3n) is 2.33. The van der Waals surface area contributed by atoms with Gasteiger partial charge in [-0.2, -0.15) is 0 Å². The van der Waals surface area contributed by atoms with Gasteiger partial charge >= 0.3 is 6.09 Å². The van der Waals surface area contributed by atoms with E-state index < -0.39 is 11.7 Å². The quantitative estimate of drug-likeness (QED) is 0.430. The highest BCUT2D eigenvalue weighted by Crippen LogP contribution is 2.05. The monoisotopic (exact) mass is 316 g/mol. The van der Waals surface area contributed by atoms with Crippen LogP contribution in [0.1, 0.15) is 20.8 Å². The normalized spacial score (nSPS) is 10.9. The molecule has 0 aliphatic rings. The predicted molar refractivity (Wildman–Crippen MR) is 86.7 cm³/mol. The first-order chi connectivity index (χ1) is 10.3. The lowest BCUT2D eigenvalue weighted by Crippen LogP contribution is -2.34. The summed E-state index contributed by atoms with van der Waals surface area (Å²) in [7, 11) is 0.845. The number of carbonyl (C=O) groups excluding carboxylic acids is 2. The molecule has 0 spiro atoms. The molecule has 0 atom stereocenters. The molecule has 22 heavy (non-hydrogen) atoms. The number of rotatable bonds is 11. The second-order valence-corrected chi connectivity index (χ2v) is 5.75. The maximum absolute atomic E-state index is 11.3. The van der Waals surface area contributed by atoms with Crippen molar-refractivity contribution >= 4 is 19.3 Å². The van der Waals surface area contributed by atoms with Crippen LogP contribution >= 0.6 is 0 Å². The van der Waals surface area contributed by atoms with Crippen molar-refractivity contribution in [1.82, 2.24) is 10.6 Å². The zero-order valence-corrected chi connectivity index (χ0v) is 14.2. The third kappa shape index (κ3) is 15.1. The molecule has 0 aliphatic carbocycles. The molecule has 2 amide bonds. The lowest BCUT2D eigenvalue weighted by Gasteiger charge is -2.19. The summed E-state index contributed by atoms with van der Waals surface area (Å²) in [4.78, 5) is 22.5. The van der Waals surface area contributed by atoms with Crippen LogP contribution in [0.25, 0.3) is 0 Å². The average Bonchev–Trinajstić information content (AvgIpc) is 2.39. The van der Waals surface area contributed by atoms with E-state index in [1.165, 1.54) is 0 Å². The van der Waals surface area contributed by atoms with E-state index in [-0.39, 0.29) is 5.91 Å². The summed E-state index contributed by atoms with van der Waals surface area (Å²) >= 11 is 0. The number of nitrogens with one attached hydrogen (secondary N) is 2. The van der Waals surface area contributed by atoms with Gasteiger partial charge < -0.3 is 24.8 Å². The minimum absolute atomic E-state index is 0.0515. The van der Waals surface area contributed by atoms with Crippen LogP contribution in [0.5, 0.6) is 0 Å². The summed E-state index contributed by atoms with van der Waals surface area (Å²) in [5, 5.41) is 5.36. The van der Waals surface area contributed by atoms with Crippen LogP contribution in [-0.4, -0.2) is 64.4 Å². The summed E-state index contributed by atoms with van der Waals surface area (Å²) in [6.45, 7) is 10.1. The molecule has 0 bridgehead atoms. The first-order valence-corrected chi connectivity index (χ1v) is 7.74. The van der Waals surface area contributed by atoms with Crippen molar-refractivity contribution < 1.29 is 23.8 Å². The Bertz CT molecular complexity index is 321. The zero-order valence-electron chi connectivity index (χ0n) is 14.2. The van der Waals surface area contributed by atoms with Gasteiger partial charge in [-0.05, 0) is 20.8 Å². The largest absolute Gasteiger partial charge is 0.444 e. The highest BCUT2D eigenvalue weighted by molar-refractivity contribution is 6.39. The van der Waals surface area contributed by atoms with E-state index in [4.69, 9.17) is 14.2 Å². The van der Waals surface area contributed by atoms with Crippen LogP contribution in [0.4, 0.5) is 4.79 Å².